The topological polar surface area (TPSA) is 9.23 Å². The van der Waals surface area contributed by atoms with E-state index >= 15 is 8.78 Å². The number of allylic oxidation sites excluding steroid dienone is 3. The highest BCUT2D eigenvalue weighted by atomic mass is 19.2. The molecule has 0 saturated heterocycles. The second kappa shape index (κ2) is 15.6. The number of rotatable bonds is 13. The van der Waals surface area contributed by atoms with Crippen LogP contribution < -0.4 is 4.74 Å². The quantitative estimate of drug-likeness (QED) is 0.140. The van der Waals surface area contributed by atoms with E-state index in [1.165, 1.54) is 63.0 Å². The van der Waals surface area contributed by atoms with Gasteiger partial charge in [-0.1, -0.05) is 87.6 Å². The number of hydrogen-bond donors (Lipinski definition) is 0. The second-order valence-corrected chi connectivity index (χ2v) is 12.8. The van der Waals surface area contributed by atoms with Crippen LogP contribution in [0.4, 0.5) is 13.2 Å². The van der Waals surface area contributed by atoms with Crippen molar-refractivity contribution in [3.05, 3.63) is 96.3 Å². The molecule has 0 bridgehead atoms. The molecular weight excluding hydrogens is 553 g/mol. The lowest BCUT2D eigenvalue weighted by atomic mass is 9.71. The van der Waals surface area contributed by atoms with Gasteiger partial charge in [-0.2, -0.15) is 4.39 Å². The summed E-state index contributed by atoms with van der Waals surface area (Å²) in [7, 11) is 0. The molecule has 2 aliphatic carbocycles. The predicted octanol–water partition coefficient (Wildman–Crippen LogP) is 12.4. The maximum absolute atomic E-state index is 15.4. The first-order chi connectivity index (χ1) is 21.5. The average Bonchev–Trinajstić information content (AvgIpc) is 3.06. The van der Waals surface area contributed by atoms with Crippen molar-refractivity contribution in [2.24, 2.45) is 17.8 Å². The number of halogens is 3. The van der Waals surface area contributed by atoms with Gasteiger partial charge in [-0.05, 0) is 110 Å². The summed E-state index contributed by atoms with van der Waals surface area (Å²) in [5, 5.41) is 0. The molecule has 0 aromatic heterocycles. The van der Waals surface area contributed by atoms with Crippen LogP contribution in [0.3, 0.4) is 0 Å². The molecular formula is C40H47F3O. The van der Waals surface area contributed by atoms with E-state index in [-0.39, 0.29) is 17.1 Å². The zero-order chi connectivity index (χ0) is 30.9. The van der Waals surface area contributed by atoms with Crippen molar-refractivity contribution in [3.8, 4) is 28.0 Å². The van der Waals surface area contributed by atoms with Crippen molar-refractivity contribution in [2.75, 3.05) is 6.61 Å². The Kier molecular flexibility index (Phi) is 11.4. The van der Waals surface area contributed by atoms with E-state index in [0.717, 1.165) is 49.5 Å². The summed E-state index contributed by atoms with van der Waals surface area (Å²) in [6.07, 6.45) is 19.4. The third kappa shape index (κ3) is 7.86. The molecule has 1 nitrogen and oxygen atoms in total. The van der Waals surface area contributed by atoms with Crippen LogP contribution in [0.5, 0.6) is 5.75 Å². The van der Waals surface area contributed by atoms with Gasteiger partial charge >= 0.3 is 0 Å². The third-order valence-corrected chi connectivity index (χ3v) is 9.92. The van der Waals surface area contributed by atoms with Gasteiger partial charge in [0.15, 0.2) is 11.6 Å². The molecule has 3 aromatic carbocycles. The first-order valence-electron chi connectivity index (χ1n) is 16.8. The van der Waals surface area contributed by atoms with Crippen LogP contribution in [0.1, 0.15) is 96.0 Å². The van der Waals surface area contributed by atoms with Crippen molar-refractivity contribution in [1.29, 1.82) is 0 Å². The highest BCUT2D eigenvalue weighted by molar-refractivity contribution is 5.74. The molecule has 1 unspecified atom stereocenters. The van der Waals surface area contributed by atoms with Gasteiger partial charge in [0.1, 0.15) is 5.82 Å². The molecule has 5 rings (SSSR count). The Morgan fingerprint density at radius 2 is 1.39 bits per heavy atom. The first-order valence-corrected chi connectivity index (χ1v) is 16.8. The zero-order valence-corrected chi connectivity index (χ0v) is 26.2. The fourth-order valence-corrected chi connectivity index (χ4v) is 7.11. The first kappa shape index (κ1) is 32.1. The standard InChI is InChI=1S/C40H47F3O/c1-3-5-6-7-8-9-26-44-38-25-24-36(39(42)40(38)43)33-20-18-32(19-21-33)35-23-22-34(27-37(35)41)31-16-14-30(15-17-31)29-12-10-28(4-2)11-13-29/h4,16,18-25,27-30H,2-3,5-15,17,26H2,1H3. The van der Waals surface area contributed by atoms with Gasteiger partial charge in [-0.15, -0.1) is 6.58 Å². The number of hydrogen-bond acceptors (Lipinski definition) is 1. The Balaban J connectivity index is 1.19. The molecule has 44 heavy (non-hydrogen) atoms. The lowest BCUT2D eigenvalue weighted by Gasteiger charge is -2.34. The summed E-state index contributed by atoms with van der Waals surface area (Å²) in [5.41, 5.74) is 4.08. The van der Waals surface area contributed by atoms with Crippen molar-refractivity contribution in [3.63, 3.8) is 0 Å². The minimum atomic E-state index is -0.970. The number of unbranched alkanes of at least 4 members (excludes halogenated alkanes) is 5. The zero-order valence-electron chi connectivity index (χ0n) is 26.2. The molecule has 4 heteroatoms. The summed E-state index contributed by atoms with van der Waals surface area (Å²) >= 11 is 0. The van der Waals surface area contributed by atoms with Crippen LogP contribution in [-0.4, -0.2) is 6.61 Å². The Bertz CT molecular complexity index is 1420. The van der Waals surface area contributed by atoms with E-state index in [9.17, 15) is 4.39 Å². The molecule has 1 atom stereocenters. The molecule has 3 aromatic rings. The summed E-state index contributed by atoms with van der Waals surface area (Å²) in [5.74, 6) is -0.00272. The maximum Gasteiger partial charge on any atom is 0.201 e. The van der Waals surface area contributed by atoms with Crippen molar-refractivity contribution in [2.45, 2.75) is 90.4 Å². The van der Waals surface area contributed by atoms with Crippen molar-refractivity contribution < 1.29 is 17.9 Å². The smallest absolute Gasteiger partial charge is 0.201 e. The van der Waals surface area contributed by atoms with Gasteiger partial charge in [0.2, 0.25) is 5.82 Å². The van der Waals surface area contributed by atoms with Gasteiger partial charge in [-0.25, -0.2) is 8.78 Å². The molecule has 0 spiro atoms. The molecule has 2 aliphatic rings. The average molecular weight is 601 g/mol. The van der Waals surface area contributed by atoms with Gasteiger partial charge in [0.25, 0.3) is 0 Å². The van der Waals surface area contributed by atoms with Crippen LogP contribution in [0.15, 0.2) is 73.3 Å². The molecule has 0 amide bonds. The largest absolute Gasteiger partial charge is 0.490 e. The normalized spacial score (nSPS) is 20.3. The van der Waals surface area contributed by atoms with Gasteiger partial charge < -0.3 is 4.74 Å². The fraction of sp³-hybridized carbons (Fsp3) is 0.450. The highest BCUT2D eigenvalue weighted by Crippen LogP contribution is 2.42. The molecule has 1 saturated carbocycles. The minimum Gasteiger partial charge on any atom is -0.490 e. The van der Waals surface area contributed by atoms with Crippen molar-refractivity contribution >= 4 is 5.57 Å². The van der Waals surface area contributed by atoms with Crippen LogP contribution >= 0.6 is 0 Å². The lowest BCUT2D eigenvalue weighted by Crippen LogP contribution is -2.22. The summed E-state index contributed by atoms with van der Waals surface area (Å²) in [6, 6.07) is 15.5. The van der Waals surface area contributed by atoms with Gasteiger partial charge in [-0.3, -0.25) is 0 Å². The maximum atomic E-state index is 15.4. The minimum absolute atomic E-state index is 0.0576. The van der Waals surface area contributed by atoms with Crippen LogP contribution in [0.25, 0.3) is 27.8 Å². The van der Waals surface area contributed by atoms with Gasteiger partial charge in [0, 0.05) is 11.1 Å². The van der Waals surface area contributed by atoms with Crippen LogP contribution in [0, 0.1) is 35.2 Å². The third-order valence-electron chi connectivity index (χ3n) is 9.92. The Labute approximate surface area is 262 Å². The van der Waals surface area contributed by atoms with E-state index in [1.54, 1.807) is 36.4 Å². The highest BCUT2D eigenvalue weighted by Gasteiger charge is 2.28. The number of benzene rings is 3. The molecule has 0 heterocycles. The molecule has 0 radical (unpaired) electrons. The number of ether oxygens (including phenoxy) is 1. The van der Waals surface area contributed by atoms with E-state index in [4.69, 9.17) is 4.74 Å². The summed E-state index contributed by atoms with van der Waals surface area (Å²) in [6.45, 7) is 6.52. The fourth-order valence-electron chi connectivity index (χ4n) is 7.11. The van der Waals surface area contributed by atoms with E-state index in [0.29, 0.717) is 29.2 Å². The van der Waals surface area contributed by atoms with Crippen LogP contribution in [-0.2, 0) is 0 Å². The Morgan fingerprint density at radius 3 is 2.05 bits per heavy atom. The molecule has 234 valence electrons. The Hall–Kier alpha value is -3.27. The summed E-state index contributed by atoms with van der Waals surface area (Å²) < 4.78 is 50.7. The van der Waals surface area contributed by atoms with E-state index in [1.807, 2.05) is 12.1 Å². The predicted molar refractivity (Wildman–Crippen MR) is 177 cm³/mol. The van der Waals surface area contributed by atoms with Crippen molar-refractivity contribution in [1.82, 2.24) is 0 Å². The molecule has 0 aliphatic heterocycles. The molecule has 0 N–H and O–H groups in total. The monoisotopic (exact) mass is 600 g/mol. The lowest BCUT2D eigenvalue weighted by molar-refractivity contribution is 0.212. The molecule has 1 fully saturated rings. The Morgan fingerprint density at radius 1 is 0.727 bits per heavy atom. The SMILES string of the molecule is C=CC1CCC(C2CC=C(c3ccc(-c4ccc(-c5ccc(OCCCCCCCC)c(F)c5F)cc4)c(F)c3)CC2)CC1. The van der Waals surface area contributed by atoms with Crippen LogP contribution in [0.2, 0.25) is 0 Å². The van der Waals surface area contributed by atoms with E-state index in [2.05, 4.69) is 25.7 Å². The summed E-state index contributed by atoms with van der Waals surface area (Å²) in [4.78, 5) is 0. The van der Waals surface area contributed by atoms with E-state index < -0.39 is 11.6 Å². The second-order valence-electron chi connectivity index (χ2n) is 12.8. The van der Waals surface area contributed by atoms with Gasteiger partial charge in [0.05, 0.1) is 6.61 Å².